The molecule has 7 nitrogen and oxygen atoms in total. The van der Waals surface area contributed by atoms with Gasteiger partial charge in [0, 0.05) is 0 Å². The average molecular weight is 435 g/mol. The van der Waals surface area contributed by atoms with Gasteiger partial charge in [0.1, 0.15) is 17.8 Å². The first kappa shape index (κ1) is 22.1. The highest BCUT2D eigenvalue weighted by Gasteiger charge is 2.49. The Labute approximate surface area is 176 Å². The van der Waals surface area contributed by atoms with E-state index in [9.17, 15) is 27.6 Å². The van der Waals surface area contributed by atoms with E-state index >= 15 is 0 Å². The van der Waals surface area contributed by atoms with E-state index in [1.807, 2.05) is 0 Å². The van der Waals surface area contributed by atoms with Gasteiger partial charge >= 0.3 is 12.2 Å². The number of halogens is 3. The van der Waals surface area contributed by atoms with Gasteiger partial charge in [0.25, 0.3) is 5.91 Å². The topological polar surface area (TPSA) is 87.7 Å². The number of anilines is 1. The zero-order valence-corrected chi connectivity index (χ0v) is 17.0. The molecule has 3 rings (SSSR count). The molecule has 2 aromatic carbocycles. The molecule has 10 heteroatoms. The van der Waals surface area contributed by atoms with E-state index < -0.39 is 47.4 Å². The first-order valence-electron chi connectivity index (χ1n) is 9.22. The largest absolute Gasteiger partial charge is 0.496 e. The smallest absolute Gasteiger partial charge is 0.418 e. The van der Waals surface area contributed by atoms with Crippen LogP contribution in [0.3, 0.4) is 0 Å². The van der Waals surface area contributed by atoms with Gasteiger partial charge in [-0.2, -0.15) is 13.2 Å². The van der Waals surface area contributed by atoms with Crippen molar-refractivity contribution in [1.29, 1.82) is 0 Å². The van der Waals surface area contributed by atoms with Crippen molar-refractivity contribution in [1.82, 2.24) is 10.2 Å². The minimum Gasteiger partial charge on any atom is -0.496 e. The van der Waals surface area contributed by atoms with Crippen LogP contribution in [-0.2, 0) is 21.3 Å². The summed E-state index contributed by atoms with van der Waals surface area (Å²) in [5, 5.41) is 4.68. The number of para-hydroxylation sites is 1. The molecule has 1 unspecified atom stereocenters. The molecule has 0 saturated carbocycles. The van der Waals surface area contributed by atoms with Gasteiger partial charge in [-0.05, 0) is 49.2 Å². The minimum atomic E-state index is -4.67. The lowest BCUT2D eigenvalue weighted by atomic mass is 9.90. The van der Waals surface area contributed by atoms with E-state index in [2.05, 4.69) is 10.6 Å². The number of amides is 4. The first-order valence-corrected chi connectivity index (χ1v) is 9.22. The number of imide groups is 1. The summed E-state index contributed by atoms with van der Waals surface area (Å²) < 4.78 is 44.5. The highest BCUT2D eigenvalue weighted by Crippen LogP contribution is 2.35. The summed E-state index contributed by atoms with van der Waals surface area (Å²) in [4.78, 5) is 38.4. The van der Waals surface area contributed by atoms with Crippen LogP contribution in [0.5, 0.6) is 5.75 Å². The molecule has 1 heterocycles. The quantitative estimate of drug-likeness (QED) is 0.705. The lowest BCUT2D eigenvalue weighted by Gasteiger charge is -2.23. The van der Waals surface area contributed by atoms with Crippen LogP contribution in [0.2, 0.25) is 0 Å². The van der Waals surface area contributed by atoms with Crippen molar-refractivity contribution in [2.75, 3.05) is 19.0 Å². The number of urea groups is 1. The molecule has 164 valence electrons. The number of nitrogens with zero attached hydrogens (tertiary/aromatic N) is 1. The van der Waals surface area contributed by atoms with Gasteiger partial charge in [0.2, 0.25) is 5.91 Å². The summed E-state index contributed by atoms with van der Waals surface area (Å²) in [6.07, 6.45) is -4.67. The Morgan fingerprint density at radius 3 is 2.48 bits per heavy atom. The van der Waals surface area contributed by atoms with E-state index in [0.717, 1.165) is 17.7 Å². The molecule has 1 aliphatic heterocycles. The van der Waals surface area contributed by atoms with Crippen LogP contribution in [0.25, 0.3) is 0 Å². The summed E-state index contributed by atoms with van der Waals surface area (Å²) in [5.41, 5.74) is -1.70. The molecule has 0 spiro atoms. The summed E-state index contributed by atoms with van der Waals surface area (Å²) >= 11 is 0. The third kappa shape index (κ3) is 4.18. The molecule has 1 aliphatic rings. The highest BCUT2D eigenvalue weighted by atomic mass is 19.4. The lowest BCUT2D eigenvalue weighted by Crippen LogP contribution is -2.42. The Bertz CT molecular complexity index is 1050. The van der Waals surface area contributed by atoms with Crippen molar-refractivity contribution < 1.29 is 32.3 Å². The number of benzene rings is 2. The standard InChI is InChI=1S/C21H20F3N3O4/c1-12-10-13(8-9-16(12)31-3)20(2)18(29)27(19(30)26-20)11-17(28)25-15-7-5-4-6-14(15)21(22,23)24/h4-10H,11H2,1-3H3,(H,25,28)(H,26,30). The minimum absolute atomic E-state index is 0.458. The fraction of sp³-hybridized carbons (Fsp3) is 0.286. The molecular weight excluding hydrogens is 415 g/mol. The molecule has 0 aliphatic carbocycles. The van der Waals surface area contributed by atoms with Gasteiger partial charge in [-0.15, -0.1) is 0 Å². The van der Waals surface area contributed by atoms with Crippen LogP contribution in [0.15, 0.2) is 42.5 Å². The number of hydrogen-bond acceptors (Lipinski definition) is 4. The number of rotatable bonds is 5. The molecule has 31 heavy (non-hydrogen) atoms. The van der Waals surface area contributed by atoms with Crippen molar-refractivity contribution >= 4 is 23.5 Å². The Hall–Kier alpha value is -3.56. The number of carbonyl (C=O) groups excluding carboxylic acids is 3. The Morgan fingerprint density at radius 2 is 1.87 bits per heavy atom. The predicted octanol–water partition coefficient (Wildman–Crippen LogP) is 3.43. The van der Waals surface area contributed by atoms with Gasteiger partial charge in [0.05, 0.1) is 18.4 Å². The molecule has 1 saturated heterocycles. The van der Waals surface area contributed by atoms with E-state index in [0.29, 0.717) is 16.2 Å². The van der Waals surface area contributed by atoms with E-state index in [1.165, 1.54) is 26.2 Å². The van der Waals surface area contributed by atoms with Gasteiger partial charge in [-0.3, -0.25) is 14.5 Å². The highest BCUT2D eigenvalue weighted by molar-refractivity contribution is 6.10. The fourth-order valence-corrected chi connectivity index (χ4v) is 3.40. The maximum Gasteiger partial charge on any atom is 0.418 e. The molecule has 2 N–H and O–H groups in total. The second-order valence-electron chi connectivity index (χ2n) is 7.22. The monoisotopic (exact) mass is 435 g/mol. The van der Waals surface area contributed by atoms with E-state index in [-0.39, 0.29) is 0 Å². The van der Waals surface area contributed by atoms with Crippen LogP contribution in [0.4, 0.5) is 23.7 Å². The van der Waals surface area contributed by atoms with Gasteiger partial charge in [-0.1, -0.05) is 18.2 Å². The van der Waals surface area contributed by atoms with E-state index in [4.69, 9.17) is 4.74 Å². The molecule has 4 amide bonds. The Balaban J connectivity index is 1.79. The van der Waals surface area contributed by atoms with Crippen LogP contribution in [0.1, 0.15) is 23.6 Å². The molecule has 0 radical (unpaired) electrons. The third-order valence-electron chi connectivity index (χ3n) is 5.06. The van der Waals surface area contributed by atoms with Gasteiger partial charge in [-0.25, -0.2) is 4.79 Å². The molecule has 0 aromatic heterocycles. The van der Waals surface area contributed by atoms with Gasteiger partial charge < -0.3 is 15.4 Å². The van der Waals surface area contributed by atoms with Crippen LogP contribution >= 0.6 is 0 Å². The van der Waals surface area contributed by atoms with Crippen molar-refractivity contribution in [3.63, 3.8) is 0 Å². The SMILES string of the molecule is COc1ccc(C2(C)NC(=O)N(CC(=O)Nc3ccccc3C(F)(F)F)C2=O)cc1C. The number of ether oxygens (including phenoxy) is 1. The third-order valence-corrected chi connectivity index (χ3v) is 5.06. The number of methoxy groups -OCH3 is 1. The van der Waals surface area contributed by atoms with Gasteiger partial charge in [0.15, 0.2) is 0 Å². The normalized spacial score (nSPS) is 18.7. The number of hydrogen-bond donors (Lipinski definition) is 2. The summed E-state index contributed by atoms with van der Waals surface area (Å²) in [7, 11) is 1.50. The van der Waals surface area contributed by atoms with Crippen molar-refractivity contribution in [3.8, 4) is 5.75 Å². The van der Waals surface area contributed by atoms with Crippen LogP contribution in [0, 0.1) is 6.92 Å². The second kappa shape index (κ2) is 7.93. The number of carbonyl (C=O) groups is 3. The van der Waals surface area contributed by atoms with Crippen LogP contribution in [-0.4, -0.2) is 36.4 Å². The Kier molecular flexibility index (Phi) is 5.66. The van der Waals surface area contributed by atoms with Crippen molar-refractivity contribution in [3.05, 3.63) is 59.2 Å². The van der Waals surface area contributed by atoms with E-state index in [1.54, 1.807) is 25.1 Å². The molecule has 0 bridgehead atoms. The zero-order valence-electron chi connectivity index (χ0n) is 17.0. The van der Waals surface area contributed by atoms with Crippen molar-refractivity contribution in [2.45, 2.75) is 25.6 Å². The predicted molar refractivity (Wildman–Crippen MR) is 105 cm³/mol. The summed E-state index contributed by atoms with van der Waals surface area (Å²) in [6, 6.07) is 8.58. The average Bonchev–Trinajstić information content (AvgIpc) is 2.91. The maximum atomic E-state index is 13.1. The van der Waals surface area contributed by atoms with Crippen molar-refractivity contribution in [2.24, 2.45) is 0 Å². The summed E-state index contributed by atoms with van der Waals surface area (Å²) in [6.45, 7) is 2.53. The fourth-order valence-electron chi connectivity index (χ4n) is 3.40. The lowest BCUT2D eigenvalue weighted by molar-refractivity contribution is -0.137. The number of nitrogens with one attached hydrogen (secondary N) is 2. The number of aryl methyl sites for hydroxylation is 1. The first-order chi connectivity index (χ1) is 14.5. The van der Waals surface area contributed by atoms with Crippen LogP contribution < -0.4 is 15.4 Å². The molecule has 1 fully saturated rings. The maximum absolute atomic E-state index is 13.1. The number of alkyl halides is 3. The zero-order chi connectivity index (χ0) is 23.0. The molecule has 1 atom stereocenters. The molecule has 2 aromatic rings. The molecular formula is C21H20F3N3O4. The Morgan fingerprint density at radius 1 is 1.19 bits per heavy atom. The summed E-state index contributed by atoms with van der Waals surface area (Å²) in [5.74, 6) is -1.03. The second-order valence-corrected chi connectivity index (χ2v) is 7.22.